The van der Waals surface area contributed by atoms with Crippen molar-refractivity contribution in [2.24, 2.45) is 12.0 Å². The quantitative estimate of drug-likeness (QED) is 0.606. The molecule has 3 rings (SSSR count). The summed E-state index contributed by atoms with van der Waals surface area (Å²) in [7, 11) is 1.84. The number of alkyl halides is 3. The van der Waals surface area contributed by atoms with Crippen molar-refractivity contribution in [3.05, 3.63) is 47.8 Å². The van der Waals surface area contributed by atoms with Gasteiger partial charge in [0, 0.05) is 37.5 Å². The van der Waals surface area contributed by atoms with Crippen LogP contribution in [0.15, 0.2) is 41.7 Å². The Morgan fingerprint density at radius 3 is 2.86 bits per heavy atom. The first-order valence-electron chi connectivity index (χ1n) is 9.32. The normalized spacial score (nSPS) is 18.0. The number of aliphatic imine (C=N–C) groups is 1. The lowest BCUT2D eigenvalue weighted by Crippen LogP contribution is -2.48. The predicted molar refractivity (Wildman–Crippen MR) is 101 cm³/mol. The topological polar surface area (TPSA) is 63.9 Å². The molecule has 1 saturated heterocycles. The summed E-state index contributed by atoms with van der Waals surface area (Å²) in [5, 5.41) is 7.38. The van der Waals surface area contributed by atoms with Gasteiger partial charge in [0.15, 0.2) is 5.96 Å². The number of guanidine groups is 1. The smallest absolute Gasteiger partial charge is 0.405 e. The van der Waals surface area contributed by atoms with E-state index in [1.165, 1.54) is 12.1 Å². The summed E-state index contributed by atoms with van der Waals surface area (Å²) in [6.45, 7) is 4.34. The second kappa shape index (κ2) is 9.17. The van der Waals surface area contributed by atoms with E-state index >= 15 is 0 Å². The molecular weight excluding hydrogens is 387 g/mol. The summed E-state index contributed by atoms with van der Waals surface area (Å²) in [6.07, 6.45) is -1.22. The molecule has 0 amide bonds. The molecule has 2 aromatic rings. The number of ether oxygens (including phenoxy) is 2. The van der Waals surface area contributed by atoms with Gasteiger partial charge in [-0.1, -0.05) is 18.2 Å². The molecule has 29 heavy (non-hydrogen) atoms. The van der Waals surface area contributed by atoms with E-state index in [4.69, 9.17) is 4.74 Å². The number of hydrogen-bond donors (Lipinski definition) is 1. The molecule has 1 fully saturated rings. The molecule has 7 nitrogen and oxygen atoms in total. The third-order valence-electron chi connectivity index (χ3n) is 4.39. The minimum Gasteiger partial charge on any atom is -0.405 e. The third kappa shape index (κ3) is 5.86. The molecule has 0 radical (unpaired) electrons. The summed E-state index contributed by atoms with van der Waals surface area (Å²) in [4.78, 5) is 6.58. The number of benzene rings is 1. The molecule has 1 aliphatic rings. The van der Waals surface area contributed by atoms with Gasteiger partial charge in [0.2, 0.25) is 0 Å². The van der Waals surface area contributed by atoms with Crippen LogP contribution in [0.25, 0.3) is 0 Å². The van der Waals surface area contributed by atoms with Gasteiger partial charge in [0.25, 0.3) is 0 Å². The molecule has 1 unspecified atom stereocenters. The maximum atomic E-state index is 12.6. The molecule has 1 N–H and O–H groups in total. The summed E-state index contributed by atoms with van der Waals surface area (Å²) < 4.78 is 49.6. The van der Waals surface area contributed by atoms with Gasteiger partial charge < -0.3 is 19.7 Å². The molecule has 1 aromatic carbocycles. The Morgan fingerprint density at radius 2 is 2.17 bits per heavy atom. The fourth-order valence-electron chi connectivity index (χ4n) is 3.09. The molecule has 0 spiro atoms. The highest BCUT2D eigenvalue weighted by Crippen LogP contribution is 2.27. The van der Waals surface area contributed by atoms with Crippen molar-refractivity contribution in [1.82, 2.24) is 20.0 Å². The molecular formula is C19H24F3N5O2. The first-order valence-corrected chi connectivity index (χ1v) is 9.32. The molecule has 1 aromatic heterocycles. The number of para-hydroxylation sites is 1. The van der Waals surface area contributed by atoms with Crippen LogP contribution >= 0.6 is 0 Å². The van der Waals surface area contributed by atoms with Crippen LogP contribution < -0.4 is 10.1 Å². The number of nitrogens with zero attached hydrogens (tertiary/aromatic N) is 4. The molecule has 158 valence electrons. The van der Waals surface area contributed by atoms with E-state index in [1.807, 2.05) is 25.1 Å². The number of morpholine rings is 1. The number of halogens is 3. The van der Waals surface area contributed by atoms with E-state index in [2.05, 4.69) is 20.1 Å². The zero-order chi connectivity index (χ0) is 20.9. The summed E-state index contributed by atoms with van der Waals surface area (Å²) in [6, 6.07) is 6.03. The van der Waals surface area contributed by atoms with Crippen LogP contribution in [0.3, 0.4) is 0 Å². The maximum Gasteiger partial charge on any atom is 0.573 e. The fourth-order valence-corrected chi connectivity index (χ4v) is 3.09. The molecule has 1 atom stereocenters. The predicted octanol–water partition coefficient (Wildman–Crippen LogP) is 2.86. The van der Waals surface area contributed by atoms with Gasteiger partial charge in [-0.15, -0.1) is 13.2 Å². The Kier molecular flexibility index (Phi) is 6.63. The molecule has 10 heteroatoms. The summed E-state index contributed by atoms with van der Waals surface area (Å²) in [5.74, 6) is 0.376. The van der Waals surface area contributed by atoms with Crippen molar-refractivity contribution in [2.45, 2.75) is 25.9 Å². The van der Waals surface area contributed by atoms with Crippen LogP contribution in [-0.2, 0) is 18.3 Å². The lowest BCUT2D eigenvalue weighted by Gasteiger charge is -2.34. The van der Waals surface area contributed by atoms with E-state index in [1.54, 1.807) is 23.0 Å². The van der Waals surface area contributed by atoms with Gasteiger partial charge in [-0.25, -0.2) is 4.99 Å². The van der Waals surface area contributed by atoms with Crippen LogP contribution in [0.5, 0.6) is 5.75 Å². The van der Waals surface area contributed by atoms with Gasteiger partial charge in [-0.05, 0) is 13.0 Å². The van der Waals surface area contributed by atoms with Gasteiger partial charge in [-0.2, -0.15) is 5.10 Å². The first kappa shape index (κ1) is 21.0. The Labute approximate surface area is 167 Å². The van der Waals surface area contributed by atoms with Gasteiger partial charge in [0.1, 0.15) is 11.9 Å². The van der Waals surface area contributed by atoms with Crippen LogP contribution in [0.1, 0.15) is 24.2 Å². The fraction of sp³-hybridized carbons (Fsp3) is 0.474. The number of hydrogen-bond acceptors (Lipinski definition) is 4. The number of aryl methyl sites for hydroxylation is 1. The zero-order valence-electron chi connectivity index (χ0n) is 16.3. The Hall–Kier alpha value is -2.75. The Morgan fingerprint density at radius 1 is 1.38 bits per heavy atom. The summed E-state index contributed by atoms with van der Waals surface area (Å²) >= 11 is 0. The van der Waals surface area contributed by atoms with Crippen molar-refractivity contribution in [1.29, 1.82) is 0 Å². The van der Waals surface area contributed by atoms with E-state index in [-0.39, 0.29) is 18.4 Å². The van der Waals surface area contributed by atoms with Crippen LogP contribution in [-0.4, -0.2) is 53.2 Å². The van der Waals surface area contributed by atoms with Crippen molar-refractivity contribution in [3.63, 3.8) is 0 Å². The van der Waals surface area contributed by atoms with E-state index in [0.717, 1.165) is 5.56 Å². The zero-order valence-corrected chi connectivity index (χ0v) is 16.3. The molecule has 0 aliphatic carbocycles. The lowest BCUT2D eigenvalue weighted by atomic mass is 10.1. The molecule has 1 aliphatic heterocycles. The number of nitrogens with one attached hydrogen (secondary N) is 1. The summed E-state index contributed by atoms with van der Waals surface area (Å²) in [5.41, 5.74) is 1.33. The van der Waals surface area contributed by atoms with Gasteiger partial charge in [-0.3, -0.25) is 4.68 Å². The van der Waals surface area contributed by atoms with Crippen molar-refractivity contribution in [3.8, 4) is 5.75 Å². The SMILES string of the molecule is CCNC(=NCc1ccccc1OC(F)(F)F)N1CCOC(c2cnn(C)c2)C1. The Balaban J connectivity index is 1.75. The highest BCUT2D eigenvalue weighted by molar-refractivity contribution is 5.80. The molecule has 2 heterocycles. The van der Waals surface area contributed by atoms with Crippen LogP contribution in [0.4, 0.5) is 13.2 Å². The van der Waals surface area contributed by atoms with Crippen LogP contribution in [0, 0.1) is 0 Å². The number of rotatable bonds is 5. The highest BCUT2D eigenvalue weighted by atomic mass is 19.4. The monoisotopic (exact) mass is 411 g/mol. The lowest BCUT2D eigenvalue weighted by molar-refractivity contribution is -0.274. The highest BCUT2D eigenvalue weighted by Gasteiger charge is 2.32. The minimum atomic E-state index is -4.74. The van der Waals surface area contributed by atoms with Crippen molar-refractivity contribution < 1.29 is 22.6 Å². The average Bonchev–Trinajstić information content (AvgIpc) is 3.11. The minimum absolute atomic E-state index is 0.0590. The molecule has 0 saturated carbocycles. The van der Waals surface area contributed by atoms with Gasteiger partial charge >= 0.3 is 6.36 Å². The second-order valence-electron chi connectivity index (χ2n) is 6.58. The first-order chi connectivity index (χ1) is 13.9. The van der Waals surface area contributed by atoms with Gasteiger partial charge in [0.05, 0.1) is 25.9 Å². The van der Waals surface area contributed by atoms with E-state index < -0.39 is 6.36 Å². The van der Waals surface area contributed by atoms with Crippen molar-refractivity contribution >= 4 is 5.96 Å². The van der Waals surface area contributed by atoms with Crippen molar-refractivity contribution in [2.75, 3.05) is 26.2 Å². The Bertz CT molecular complexity index is 837. The number of aromatic nitrogens is 2. The second-order valence-corrected chi connectivity index (χ2v) is 6.58. The van der Waals surface area contributed by atoms with E-state index in [9.17, 15) is 13.2 Å². The standard InChI is InChI=1S/C19H24F3N5O2/c1-3-23-18(24-10-14-6-4-5-7-16(14)29-19(20,21)22)27-8-9-28-17(13-27)15-11-25-26(2)12-15/h4-7,11-12,17H,3,8-10,13H2,1-2H3,(H,23,24). The maximum absolute atomic E-state index is 12.6. The third-order valence-corrected chi connectivity index (χ3v) is 4.39. The molecule has 0 bridgehead atoms. The van der Waals surface area contributed by atoms with E-state index in [0.29, 0.717) is 37.8 Å². The average molecular weight is 411 g/mol. The van der Waals surface area contributed by atoms with Crippen LogP contribution in [0.2, 0.25) is 0 Å². The largest absolute Gasteiger partial charge is 0.573 e.